The van der Waals surface area contributed by atoms with E-state index in [0.717, 1.165) is 16.7 Å². The number of rotatable bonds is 3. The third-order valence-electron chi connectivity index (χ3n) is 5.18. The third-order valence-corrected chi connectivity index (χ3v) is 6.34. The molecule has 2 amide bonds. The van der Waals surface area contributed by atoms with Crippen LogP contribution >= 0.6 is 11.8 Å². The molecule has 0 bridgehead atoms. The molecule has 2 aromatic carbocycles. The SMILES string of the molecule is CN1C(=O)SC(c2cccc3c2ccn3Cc2cc(C(F)(F)F)cc(C(F)(F)F)c2)C1=O. The van der Waals surface area contributed by atoms with Gasteiger partial charge in [0.2, 0.25) is 5.91 Å². The highest BCUT2D eigenvalue weighted by molar-refractivity contribution is 8.15. The molecule has 2 heterocycles. The highest BCUT2D eigenvalue weighted by atomic mass is 32.2. The predicted octanol–water partition coefficient (Wildman–Crippen LogP) is 6.09. The summed E-state index contributed by atoms with van der Waals surface area (Å²) in [5.41, 5.74) is -1.86. The summed E-state index contributed by atoms with van der Waals surface area (Å²) in [5.74, 6) is -0.395. The van der Waals surface area contributed by atoms with E-state index in [-0.39, 0.29) is 18.2 Å². The van der Waals surface area contributed by atoms with Gasteiger partial charge in [-0.3, -0.25) is 14.5 Å². The van der Waals surface area contributed by atoms with Gasteiger partial charge < -0.3 is 4.57 Å². The van der Waals surface area contributed by atoms with Crippen molar-refractivity contribution < 1.29 is 35.9 Å². The van der Waals surface area contributed by atoms with Crippen molar-refractivity contribution >= 4 is 33.8 Å². The van der Waals surface area contributed by atoms with Crippen LogP contribution < -0.4 is 0 Å². The summed E-state index contributed by atoms with van der Waals surface area (Å²) in [5, 5.41) is -0.581. The Morgan fingerprint density at radius 3 is 2.09 bits per heavy atom. The van der Waals surface area contributed by atoms with Crippen molar-refractivity contribution in [1.82, 2.24) is 9.47 Å². The Balaban J connectivity index is 1.75. The van der Waals surface area contributed by atoms with E-state index in [4.69, 9.17) is 0 Å². The normalized spacial score (nSPS) is 17.6. The summed E-state index contributed by atoms with van der Waals surface area (Å²) >= 11 is 0.851. The van der Waals surface area contributed by atoms with Crippen molar-refractivity contribution in [2.45, 2.75) is 24.1 Å². The average molecular weight is 472 g/mol. The number of benzene rings is 2. The molecule has 1 fully saturated rings. The van der Waals surface area contributed by atoms with Crippen molar-refractivity contribution in [3.05, 3.63) is 70.9 Å². The van der Waals surface area contributed by atoms with Gasteiger partial charge >= 0.3 is 12.4 Å². The third kappa shape index (κ3) is 3.96. The average Bonchev–Trinajstić information content (AvgIpc) is 3.22. The van der Waals surface area contributed by atoms with Crippen molar-refractivity contribution in [2.24, 2.45) is 0 Å². The lowest BCUT2D eigenvalue weighted by molar-refractivity contribution is -0.143. The first kappa shape index (κ1) is 22.3. The molecule has 0 aliphatic carbocycles. The maximum absolute atomic E-state index is 13.2. The lowest BCUT2D eigenvalue weighted by Gasteiger charge is -2.15. The summed E-state index contributed by atoms with van der Waals surface area (Å²) < 4.78 is 80.4. The second-order valence-electron chi connectivity index (χ2n) is 7.30. The Kier molecular flexibility index (Phi) is 5.27. The number of imide groups is 1. The van der Waals surface area contributed by atoms with Crippen LogP contribution in [0.1, 0.15) is 27.5 Å². The number of hydrogen-bond acceptors (Lipinski definition) is 3. The molecule has 0 spiro atoms. The highest BCUT2D eigenvalue weighted by Gasteiger charge is 2.39. The number of carbonyl (C=O) groups excluding carboxylic acids is 2. The Morgan fingerprint density at radius 1 is 0.938 bits per heavy atom. The van der Waals surface area contributed by atoms with Crippen molar-refractivity contribution in [1.29, 1.82) is 0 Å². The molecular weight excluding hydrogens is 458 g/mol. The lowest BCUT2D eigenvalue weighted by atomic mass is 10.0. The van der Waals surface area contributed by atoms with Gasteiger partial charge in [-0.2, -0.15) is 26.3 Å². The van der Waals surface area contributed by atoms with Gasteiger partial charge in [-0.05, 0) is 53.2 Å². The first-order chi connectivity index (χ1) is 14.9. The van der Waals surface area contributed by atoms with Crippen LogP contribution in [0.25, 0.3) is 10.9 Å². The number of thioether (sulfide) groups is 1. The van der Waals surface area contributed by atoms with Crippen molar-refractivity contribution in [3.63, 3.8) is 0 Å². The summed E-state index contributed by atoms with van der Waals surface area (Å²) in [7, 11) is 1.37. The van der Waals surface area contributed by atoms with Gasteiger partial charge in [0.25, 0.3) is 5.24 Å². The van der Waals surface area contributed by atoms with E-state index in [1.165, 1.54) is 17.8 Å². The number of hydrogen-bond donors (Lipinski definition) is 0. The van der Waals surface area contributed by atoms with Crippen molar-refractivity contribution in [2.75, 3.05) is 7.05 Å². The molecule has 3 aromatic rings. The lowest BCUT2D eigenvalue weighted by Crippen LogP contribution is -2.24. The first-order valence-electron chi connectivity index (χ1n) is 9.20. The smallest absolute Gasteiger partial charge is 0.343 e. The molecule has 1 aliphatic rings. The first-order valence-corrected chi connectivity index (χ1v) is 10.1. The molecule has 11 heteroatoms. The fourth-order valence-corrected chi connectivity index (χ4v) is 4.65. The van der Waals surface area contributed by atoms with E-state index in [2.05, 4.69) is 0 Å². The van der Waals surface area contributed by atoms with Crippen LogP contribution in [0.15, 0.2) is 48.7 Å². The number of carbonyl (C=O) groups is 2. The van der Waals surface area contributed by atoms with E-state index in [1.807, 2.05) is 0 Å². The van der Waals surface area contributed by atoms with Crippen LogP contribution in [-0.2, 0) is 23.7 Å². The summed E-state index contributed by atoms with van der Waals surface area (Å²) in [6.45, 7) is -0.245. The second-order valence-corrected chi connectivity index (χ2v) is 8.36. The maximum atomic E-state index is 13.2. The quantitative estimate of drug-likeness (QED) is 0.433. The fourth-order valence-electron chi connectivity index (χ4n) is 3.61. The molecule has 4 nitrogen and oxygen atoms in total. The number of fused-ring (bicyclic) bond motifs is 1. The molecule has 1 aliphatic heterocycles. The maximum Gasteiger partial charge on any atom is 0.416 e. The van der Waals surface area contributed by atoms with E-state index in [1.54, 1.807) is 24.3 Å². The van der Waals surface area contributed by atoms with Crippen LogP contribution in [0.4, 0.5) is 31.1 Å². The number of halogens is 6. The van der Waals surface area contributed by atoms with Gasteiger partial charge in [0.05, 0.1) is 11.1 Å². The van der Waals surface area contributed by atoms with E-state index in [9.17, 15) is 35.9 Å². The zero-order chi connectivity index (χ0) is 23.4. The zero-order valence-corrected chi connectivity index (χ0v) is 17.1. The largest absolute Gasteiger partial charge is 0.416 e. The number of alkyl halides is 6. The van der Waals surface area contributed by atoms with E-state index >= 15 is 0 Å². The van der Waals surface area contributed by atoms with Crippen molar-refractivity contribution in [3.8, 4) is 0 Å². The number of amides is 2. The monoisotopic (exact) mass is 472 g/mol. The molecule has 4 rings (SSSR count). The number of aromatic nitrogens is 1. The molecule has 1 saturated heterocycles. The standard InChI is InChI=1S/C21H14F6N2O2S/c1-28-18(30)17(32-19(28)31)15-3-2-4-16-14(15)5-6-29(16)10-11-7-12(20(22,23)24)9-13(8-11)21(25,26)27/h2-9,17H,10H2,1H3. The van der Waals surface area contributed by atoms with Gasteiger partial charge in [-0.15, -0.1) is 0 Å². The Morgan fingerprint density at radius 2 is 1.56 bits per heavy atom. The summed E-state index contributed by atoms with van der Waals surface area (Å²) in [4.78, 5) is 25.2. The minimum absolute atomic E-state index is 0.0891. The molecule has 168 valence electrons. The van der Waals surface area contributed by atoms with Gasteiger partial charge in [0.15, 0.2) is 0 Å². The molecule has 1 aromatic heterocycles. The molecule has 1 unspecified atom stereocenters. The van der Waals surface area contributed by atoms with Crippen LogP contribution in [0.2, 0.25) is 0 Å². The summed E-state index contributed by atoms with van der Waals surface area (Å²) in [6, 6.07) is 8.03. The van der Waals surface area contributed by atoms with Gasteiger partial charge in [0.1, 0.15) is 5.25 Å². The molecule has 1 atom stereocenters. The van der Waals surface area contributed by atoms with Crippen LogP contribution in [0, 0.1) is 0 Å². The second kappa shape index (κ2) is 7.58. The van der Waals surface area contributed by atoms with E-state index in [0.29, 0.717) is 28.6 Å². The van der Waals surface area contributed by atoms with Crippen LogP contribution in [0.5, 0.6) is 0 Å². The Hall–Kier alpha value is -2.95. The highest BCUT2D eigenvalue weighted by Crippen LogP contribution is 2.42. The molecule has 0 radical (unpaired) electrons. The predicted molar refractivity (Wildman–Crippen MR) is 106 cm³/mol. The zero-order valence-electron chi connectivity index (χ0n) is 16.3. The Labute approximate surface area is 181 Å². The van der Waals surface area contributed by atoms with Gasteiger partial charge in [-0.1, -0.05) is 12.1 Å². The van der Waals surface area contributed by atoms with E-state index < -0.39 is 39.9 Å². The van der Waals surface area contributed by atoms with Crippen LogP contribution in [0.3, 0.4) is 0 Å². The molecule has 0 N–H and O–H groups in total. The Bertz CT molecular complexity index is 1200. The van der Waals surface area contributed by atoms with Gasteiger partial charge in [0, 0.05) is 30.7 Å². The molecule has 0 saturated carbocycles. The number of likely N-dealkylation sites (N-methyl/N-ethyl adjacent to an activating group) is 1. The number of nitrogens with zero attached hydrogens (tertiary/aromatic N) is 2. The summed E-state index contributed by atoms with van der Waals surface area (Å²) in [6.07, 6.45) is -8.33. The molecular formula is C21H14F6N2O2S. The van der Waals surface area contributed by atoms with Gasteiger partial charge in [-0.25, -0.2) is 0 Å². The fraction of sp³-hybridized carbons (Fsp3) is 0.238. The minimum atomic E-state index is -4.93. The minimum Gasteiger partial charge on any atom is -0.343 e. The topological polar surface area (TPSA) is 42.3 Å². The van der Waals surface area contributed by atoms with Crippen LogP contribution in [-0.4, -0.2) is 27.7 Å². The molecule has 32 heavy (non-hydrogen) atoms.